The Hall–Kier alpha value is -1.79. The van der Waals surface area contributed by atoms with Gasteiger partial charge >= 0.3 is 5.97 Å². The minimum Gasteiger partial charge on any atom is -0.493 e. The fraction of sp³-hybridized carbons (Fsp3) is 0.741. The van der Waals surface area contributed by atoms with Crippen molar-refractivity contribution in [2.75, 3.05) is 54.1 Å². The van der Waals surface area contributed by atoms with E-state index in [1.807, 2.05) is 0 Å². The number of ether oxygens (including phenoxy) is 3. The smallest absolute Gasteiger partial charge is 0.310 e. The van der Waals surface area contributed by atoms with Crippen molar-refractivity contribution in [2.24, 2.45) is 23.7 Å². The SMILES string of the molecule is COc1cc2c(cc1OC)[C@H]1C[C@@H](COC(=O)C3CCCN(C)C3)[C@H](CC(C)C)CN1CC2. The first-order valence-electron chi connectivity index (χ1n) is 12.7. The van der Waals surface area contributed by atoms with E-state index in [2.05, 4.69) is 42.8 Å². The highest BCUT2D eigenvalue weighted by atomic mass is 16.5. The first-order chi connectivity index (χ1) is 15.9. The third-order valence-corrected chi connectivity index (χ3v) is 7.95. The van der Waals surface area contributed by atoms with Crippen LogP contribution in [0.15, 0.2) is 12.1 Å². The lowest BCUT2D eigenvalue weighted by atomic mass is 9.74. The number of methoxy groups -OCH3 is 2. The van der Waals surface area contributed by atoms with Crippen molar-refractivity contribution >= 4 is 5.97 Å². The van der Waals surface area contributed by atoms with Crippen LogP contribution in [0.5, 0.6) is 11.5 Å². The van der Waals surface area contributed by atoms with E-state index in [9.17, 15) is 4.79 Å². The first-order valence-corrected chi connectivity index (χ1v) is 12.7. The van der Waals surface area contributed by atoms with E-state index in [0.29, 0.717) is 30.4 Å². The molecule has 4 rings (SSSR count). The molecule has 0 spiro atoms. The summed E-state index contributed by atoms with van der Waals surface area (Å²) < 4.78 is 17.2. The Morgan fingerprint density at radius 3 is 2.55 bits per heavy atom. The van der Waals surface area contributed by atoms with Gasteiger partial charge in [0.15, 0.2) is 11.5 Å². The number of hydrogen-bond donors (Lipinski definition) is 0. The van der Waals surface area contributed by atoms with E-state index in [4.69, 9.17) is 14.2 Å². The van der Waals surface area contributed by atoms with Crippen LogP contribution in [0.2, 0.25) is 0 Å². The van der Waals surface area contributed by atoms with Crippen LogP contribution in [0.4, 0.5) is 0 Å². The van der Waals surface area contributed by atoms with Crippen molar-refractivity contribution in [1.82, 2.24) is 9.80 Å². The summed E-state index contributed by atoms with van der Waals surface area (Å²) in [7, 11) is 5.50. The monoisotopic (exact) mass is 458 g/mol. The van der Waals surface area contributed by atoms with Gasteiger partial charge in [0.05, 0.1) is 26.7 Å². The summed E-state index contributed by atoms with van der Waals surface area (Å²) in [6, 6.07) is 4.68. The van der Waals surface area contributed by atoms with Gasteiger partial charge in [-0.2, -0.15) is 0 Å². The molecule has 0 N–H and O–H groups in total. The Balaban J connectivity index is 1.50. The molecule has 1 aromatic rings. The summed E-state index contributed by atoms with van der Waals surface area (Å²) in [5, 5.41) is 0. The molecule has 1 aromatic carbocycles. The predicted molar refractivity (Wildman–Crippen MR) is 130 cm³/mol. The largest absolute Gasteiger partial charge is 0.493 e. The number of rotatable bonds is 7. The zero-order chi connectivity index (χ0) is 23.5. The first kappa shape index (κ1) is 24.3. The van der Waals surface area contributed by atoms with Gasteiger partial charge in [-0.15, -0.1) is 0 Å². The van der Waals surface area contributed by atoms with Gasteiger partial charge in [-0.25, -0.2) is 0 Å². The Morgan fingerprint density at radius 2 is 1.85 bits per heavy atom. The lowest BCUT2D eigenvalue weighted by Gasteiger charge is -2.47. The molecular formula is C27H42N2O4. The van der Waals surface area contributed by atoms with Gasteiger partial charge in [-0.05, 0) is 86.7 Å². The van der Waals surface area contributed by atoms with Crippen molar-refractivity contribution in [3.63, 3.8) is 0 Å². The normalized spacial score (nSPS) is 28.2. The highest BCUT2D eigenvalue weighted by Gasteiger charge is 2.40. The Bertz CT molecular complexity index is 827. The molecule has 4 atom stereocenters. The molecule has 0 amide bonds. The van der Waals surface area contributed by atoms with Gasteiger partial charge in [0.2, 0.25) is 0 Å². The molecule has 0 radical (unpaired) electrons. The fourth-order valence-corrected chi connectivity index (χ4v) is 6.25. The second-order valence-electron chi connectivity index (χ2n) is 10.8. The van der Waals surface area contributed by atoms with E-state index >= 15 is 0 Å². The highest BCUT2D eigenvalue weighted by molar-refractivity contribution is 5.72. The maximum absolute atomic E-state index is 12.9. The number of carbonyl (C=O) groups excluding carboxylic acids is 1. The number of fused-ring (bicyclic) bond motifs is 3. The zero-order valence-corrected chi connectivity index (χ0v) is 21.1. The molecule has 0 aromatic heterocycles. The number of piperidine rings is 2. The molecule has 3 heterocycles. The second-order valence-corrected chi connectivity index (χ2v) is 10.8. The van der Waals surface area contributed by atoms with Gasteiger partial charge in [0.1, 0.15) is 0 Å². The lowest BCUT2D eigenvalue weighted by molar-refractivity contribution is -0.153. The van der Waals surface area contributed by atoms with Crippen LogP contribution in [0.25, 0.3) is 0 Å². The summed E-state index contributed by atoms with van der Waals surface area (Å²) in [5.41, 5.74) is 2.71. The summed E-state index contributed by atoms with van der Waals surface area (Å²) in [5.74, 6) is 3.22. The predicted octanol–water partition coefficient (Wildman–Crippen LogP) is 4.17. The molecule has 0 bridgehead atoms. The van der Waals surface area contributed by atoms with Gasteiger partial charge < -0.3 is 19.1 Å². The van der Waals surface area contributed by atoms with Crippen LogP contribution in [-0.4, -0.2) is 69.8 Å². The van der Waals surface area contributed by atoms with Crippen LogP contribution in [0.1, 0.15) is 56.7 Å². The molecule has 6 heteroatoms. The standard InChI is InChI=1S/C27H42N2O4/c1-18(2)11-21-16-29-10-8-19-13-25(31-4)26(32-5)14-23(19)24(29)12-22(21)17-33-27(30)20-7-6-9-28(3)15-20/h13-14,18,20-22,24H,6-12,15-17H2,1-5H3/t20?,21-,22+,24-/m1/s1. The van der Waals surface area contributed by atoms with E-state index in [1.165, 1.54) is 17.5 Å². The van der Waals surface area contributed by atoms with E-state index in [-0.39, 0.29) is 11.9 Å². The molecule has 0 aliphatic carbocycles. The number of likely N-dealkylation sites (tertiary alicyclic amines) is 1. The summed E-state index contributed by atoms with van der Waals surface area (Å²) in [6.07, 6.45) is 5.27. The molecule has 2 fully saturated rings. The highest BCUT2D eigenvalue weighted by Crippen LogP contribution is 2.45. The number of nitrogens with zero attached hydrogens (tertiary/aromatic N) is 2. The van der Waals surface area contributed by atoms with Crippen molar-refractivity contribution in [3.05, 3.63) is 23.3 Å². The van der Waals surface area contributed by atoms with E-state index in [1.54, 1.807) is 14.2 Å². The van der Waals surface area contributed by atoms with E-state index in [0.717, 1.165) is 63.4 Å². The molecule has 3 aliphatic heterocycles. The van der Waals surface area contributed by atoms with E-state index < -0.39 is 0 Å². The molecule has 3 aliphatic rings. The van der Waals surface area contributed by atoms with Crippen LogP contribution in [-0.2, 0) is 16.0 Å². The quantitative estimate of drug-likeness (QED) is 0.572. The van der Waals surface area contributed by atoms with Crippen molar-refractivity contribution in [3.8, 4) is 11.5 Å². The molecule has 6 nitrogen and oxygen atoms in total. The molecular weight excluding hydrogens is 416 g/mol. The Labute approximate surface area is 199 Å². The van der Waals surface area contributed by atoms with Crippen LogP contribution < -0.4 is 9.47 Å². The zero-order valence-electron chi connectivity index (χ0n) is 21.1. The van der Waals surface area contributed by atoms with Crippen LogP contribution in [0, 0.1) is 23.7 Å². The molecule has 0 saturated carbocycles. The summed E-state index contributed by atoms with van der Waals surface area (Å²) in [4.78, 5) is 17.8. The number of esters is 1. The number of hydrogen-bond acceptors (Lipinski definition) is 6. The van der Waals surface area contributed by atoms with Gasteiger partial charge in [0, 0.05) is 25.7 Å². The number of benzene rings is 1. The molecule has 1 unspecified atom stereocenters. The fourth-order valence-electron chi connectivity index (χ4n) is 6.25. The summed E-state index contributed by atoms with van der Waals surface area (Å²) in [6.45, 7) is 9.20. The molecule has 2 saturated heterocycles. The molecule has 184 valence electrons. The van der Waals surface area contributed by atoms with Crippen LogP contribution >= 0.6 is 0 Å². The van der Waals surface area contributed by atoms with Crippen molar-refractivity contribution in [1.29, 1.82) is 0 Å². The maximum Gasteiger partial charge on any atom is 0.310 e. The number of carbonyl (C=O) groups is 1. The second kappa shape index (κ2) is 10.6. The minimum absolute atomic E-state index is 0.00252. The average molecular weight is 459 g/mol. The van der Waals surface area contributed by atoms with Crippen molar-refractivity contribution in [2.45, 2.75) is 52.0 Å². The third kappa shape index (κ3) is 5.48. The van der Waals surface area contributed by atoms with Crippen molar-refractivity contribution < 1.29 is 19.0 Å². The minimum atomic E-state index is 0.00252. The third-order valence-electron chi connectivity index (χ3n) is 7.95. The average Bonchev–Trinajstić information content (AvgIpc) is 2.81. The Kier molecular flexibility index (Phi) is 7.85. The Morgan fingerprint density at radius 1 is 1.09 bits per heavy atom. The molecule has 33 heavy (non-hydrogen) atoms. The topological polar surface area (TPSA) is 51.2 Å². The maximum atomic E-state index is 12.9. The van der Waals surface area contributed by atoms with Crippen LogP contribution in [0.3, 0.4) is 0 Å². The summed E-state index contributed by atoms with van der Waals surface area (Å²) >= 11 is 0. The lowest BCUT2D eigenvalue weighted by Crippen LogP contribution is -2.47. The van der Waals surface area contributed by atoms with Gasteiger partial charge in [-0.3, -0.25) is 9.69 Å². The van der Waals surface area contributed by atoms with Gasteiger partial charge in [0.25, 0.3) is 0 Å². The van der Waals surface area contributed by atoms with Gasteiger partial charge in [-0.1, -0.05) is 13.8 Å².